The van der Waals surface area contributed by atoms with Crippen molar-refractivity contribution in [3.05, 3.63) is 40.9 Å². The number of alkyl halides is 3. The maximum absolute atomic E-state index is 12.9. The Labute approximate surface area is 164 Å². The first kappa shape index (κ1) is 20.7. The first-order chi connectivity index (χ1) is 13.1. The molecule has 0 radical (unpaired) electrons. The van der Waals surface area contributed by atoms with Gasteiger partial charge in [0.15, 0.2) is 0 Å². The summed E-state index contributed by atoms with van der Waals surface area (Å²) in [6.07, 6.45) is -4.45. The van der Waals surface area contributed by atoms with Gasteiger partial charge in [0.05, 0.1) is 11.3 Å². The van der Waals surface area contributed by atoms with Crippen molar-refractivity contribution in [2.24, 2.45) is 0 Å². The molecule has 1 saturated heterocycles. The van der Waals surface area contributed by atoms with E-state index in [-0.39, 0.29) is 49.1 Å². The third-order valence-electron chi connectivity index (χ3n) is 4.44. The zero-order valence-electron chi connectivity index (χ0n) is 14.9. The summed E-state index contributed by atoms with van der Waals surface area (Å²) < 4.78 is 63.8. The number of piperazine rings is 1. The summed E-state index contributed by atoms with van der Waals surface area (Å²) in [5, 5.41) is 1.83. The van der Waals surface area contributed by atoms with Gasteiger partial charge in [-0.1, -0.05) is 12.1 Å². The predicted molar refractivity (Wildman–Crippen MR) is 99.5 cm³/mol. The van der Waals surface area contributed by atoms with E-state index in [9.17, 15) is 26.4 Å². The number of hydrogen-bond acceptors (Lipinski definition) is 5. The molecule has 0 bridgehead atoms. The molecule has 3 rings (SSSR count). The van der Waals surface area contributed by atoms with Crippen LogP contribution in [0.5, 0.6) is 0 Å². The highest BCUT2D eigenvalue weighted by molar-refractivity contribution is 7.89. The molecule has 152 valence electrons. The number of halogens is 3. The monoisotopic (exact) mass is 433 g/mol. The molecule has 2 heterocycles. The van der Waals surface area contributed by atoms with Crippen molar-refractivity contribution in [3.63, 3.8) is 0 Å². The molecule has 1 aromatic carbocycles. The summed E-state index contributed by atoms with van der Waals surface area (Å²) in [6, 6.07) is 4.79. The highest BCUT2D eigenvalue weighted by atomic mass is 32.2. The number of carbonyl (C=O) groups excluding carboxylic acids is 1. The van der Waals surface area contributed by atoms with Gasteiger partial charge in [-0.2, -0.15) is 17.5 Å². The fourth-order valence-electron chi connectivity index (χ4n) is 2.85. The Hall–Kier alpha value is -1.98. The molecule has 0 aliphatic carbocycles. The minimum absolute atomic E-state index is 0.00732. The second kappa shape index (κ2) is 7.80. The molecule has 0 atom stereocenters. The fraction of sp³-hybridized carbons (Fsp3) is 0.412. The normalized spacial score (nSPS) is 16.4. The Bertz CT molecular complexity index is 965. The first-order valence-corrected chi connectivity index (χ1v) is 11.0. The van der Waals surface area contributed by atoms with E-state index in [1.54, 1.807) is 6.92 Å². The van der Waals surface area contributed by atoms with E-state index < -0.39 is 21.8 Å². The SMILES string of the molecule is CCS(=O)(=O)N1CCN(C(=O)c2csc(-c3cccc(C(F)(F)F)c3)n2)CC1. The zero-order chi connectivity index (χ0) is 20.5. The predicted octanol–water partition coefficient (Wildman–Crippen LogP) is 2.94. The molecule has 0 unspecified atom stereocenters. The largest absolute Gasteiger partial charge is 0.416 e. The van der Waals surface area contributed by atoms with Crippen molar-refractivity contribution in [1.29, 1.82) is 0 Å². The number of sulfonamides is 1. The molecule has 0 saturated carbocycles. The molecule has 1 aromatic heterocycles. The fourth-order valence-corrected chi connectivity index (χ4v) is 4.72. The zero-order valence-corrected chi connectivity index (χ0v) is 16.6. The van der Waals surface area contributed by atoms with Gasteiger partial charge in [0.2, 0.25) is 10.0 Å². The van der Waals surface area contributed by atoms with Crippen LogP contribution in [0.15, 0.2) is 29.6 Å². The molecule has 1 aliphatic rings. The molecule has 1 fully saturated rings. The smallest absolute Gasteiger partial charge is 0.335 e. The summed E-state index contributed by atoms with van der Waals surface area (Å²) in [5.41, 5.74) is -0.344. The minimum atomic E-state index is -4.45. The first-order valence-electron chi connectivity index (χ1n) is 8.52. The molecular formula is C17H18F3N3O3S2. The lowest BCUT2D eigenvalue weighted by molar-refractivity contribution is -0.137. The number of carbonyl (C=O) groups is 1. The Morgan fingerprint density at radius 2 is 1.89 bits per heavy atom. The molecule has 0 N–H and O–H groups in total. The number of hydrogen-bond donors (Lipinski definition) is 0. The summed E-state index contributed by atoms with van der Waals surface area (Å²) in [5.74, 6) is -0.351. The van der Waals surface area contributed by atoms with Crippen molar-refractivity contribution < 1.29 is 26.4 Å². The number of aromatic nitrogens is 1. The van der Waals surface area contributed by atoms with Gasteiger partial charge < -0.3 is 4.90 Å². The average molecular weight is 433 g/mol. The van der Waals surface area contributed by atoms with Crippen molar-refractivity contribution >= 4 is 27.3 Å². The topological polar surface area (TPSA) is 70.6 Å². The number of rotatable bonds is 4. The third-order valence-corrected chi connectivity index (χ3v) is 7.22. The van der Waals surface area contributed by atoms with E-state index in [4.69, 9.17) is 0 Å². The lowest BCUT2D eigenvalue weighted by Gasteiger charge is -2.33. The van der Waals surface area contributed by atoms with Crippen molar-refractivity contribution in [2.75, 3.05) is 31.9 Å². The van der Waals surface area contributed by atoms with Crippen LogP contribution >= 0.6 is 11.3 Å². The molecular weight excluding hydrogens is 415 g/mol. The number of thiazole rings is 1. The van der Waals surface area contributed by atoms with Crippen LogP contribution < -0.4 is 0 Å². The second-order valence-corrected chi connectivity index (χ2v) is 9.32. The van der Waals surface area contributed by atoms with E-state index in [1.165, 1.54) is 26.7 Å². The summed E-state index contributed by atoms with van der Waals surface area (Å²) >= 11 is 1.09. The van der Waals surface area contributed by atoms with Crippen LogP contribution in [0.3, 0.4) is 0 Å². The van der Waals surface area contributed by atoms with E-state index in [2.05, 4.69) is 4.98 Å². The lowest BCUT2D eigenvalue weighted by Crippen LogP contribution is -2.50. The Balaban J connectivity index is 1.72. The van der Waals surface area contributed by atoms with E-state index in [1.807, 2.05) is 0 Å². The van der Waals surface area contributed by atoms with Crippen LogP contribution in [-0.4, -0.2) is 60.4 Å². The van der Waals surface area contributed by atoms with Gasteiger partial charge in [-0.25, -0.2) is 13.4 Å². The quantitative estimate of drug-likeness (QED) is 0.744. The summed E-state index contributed by atoms with van der Waals surface area (Å²) in [6.45, 7) is 2.49. The highest BCUT2D eigenvalue weighted by Gasteiger charge is 2.31. The van der Waals surface area contributed by atoms with Gasteiger partial charge in [0, 0.05) is 37.1 Å². The number of benzene rings is 1. The Kier molecular flexibility index (Phi) is 5.78. The van der Waals surface area contributed by atoms with Crippen molar-refractivity contribution in [1.82, 2.24) is 14.2 Å². The van der Waals surface area contributed by atoms with Crippen LogP contribution in [-0.2, 0) is 16.2 Å². The minimum Gasteiger partial charge on any atom is -0.335 e. The summed E-state index contributed by atoms with van der Waals surface area (Å²) in [4.78, 5) is 18.3. The van der Waals surface area contributed by atoms with Gasteiger partial charge in [0.1, 0.15) is 10.7 Å². The van der Waals surface area contributed by atoms with Crippen molar-refractivity contribution in [3.8, 4) is 10.6 Å². The molecule has 0 spiro atoms. The molecule has 1 aliphatic heterocycles. The van der Waals surface area contributed by atoms with E-state index in [0.717, 1.165) is 23.5 Å². The van der Waals surface area contributed by atoms with Crippen LogP contribution in [0.2, 0.25) is 0 Å². The van der Waals surface area contributed by atoms with Gasteiger partial charge in [0.25, 0.3) is 5.91 Å². The molecule has 6 nitrogen and oxygen atoms in total. The number of amides is 1. The Morgan fingerprint density at radius 3 is 2.50 bits per heavy atom. The maximum atomic E-state index is 12.9. The lowest BCUT2D eigenvalue weighted by atomic mass is 10.1. The molecule has 11 heteroatoms. The third kappa shape index (κ3) is 4.36. The van der Waals surface area contributed by atoms with Gasteiger partial charge in [-0.05, 0) is 19.1 Å². The van der Waals surface area contributed by atoms with E-state index in [0.29, 0.717) is 5.01 Å². The number of nitrogens with zero attached hydrogens (tertiary/aromatic N) is 3. The highest BCUT2D eigenvalue weighted by Crippen LogP contribution is 2.33. The standard InChI is InChI=1S/C17H18F3N3O3S2/c1-2-28(25,26)23-8-6-22(7-9-23)16(24)14-11-27-15(21-14)12-4-3-5-13(10-12)17(18,19)20/h3-5,10-11H,2,6-9H2,1H3. The molecule has 28 heavy (non-hydrogen) atoms. The van der Waals surface area contributed by atoms with Crippen LogP contribution in [0.4, 0.5) is 13.2 Å². The van der Waals surface area contributed by atoms with Crippen LogP contribution in [0.25, 0.3) is 10.6 Å². The molecule has 2 aromatic rings. The van der Waals surface area contributed by atoms with Crippen LogP contribution in [0.1, 0.15) is 23.0 Å². The van der Waals surface area contributed by atoms with Gasteiger partial charge in [-0.3, -0.25) is 4.79 Å². The summed E-state index contributed by atoms with van der Waals surface area (Å²) in [7, 11) is -3.29. The molecule has 1 amide bonds. The van der Waals surface area contributed by atoms with Gasteiger partial charge in [-0.15, -0.1) is 11.3 Å². The maximum Gasteiger partial charge on any atom is 0.416 e. The Morgan fingerprint density at radius 1 is 1.21 bits per heavy atom. The van der Waals surface area contributed by atoms with Gasteiger partial charge >= 0.3 is 6.18 Å². The second-order valence-electron chi connectivity index (χ2n) is 6.21. The van der Waals surface area contributed by atoms with Crippen molar-refractivity contribution in [2.45, 2.75) is 13.1 Å². The van der Waals surface area contributed by atoms with Crippen LogP contribution in [0, 0.1) is 0 Å². The van der Waals surface area contributed by atoms with E-state index >= 15 is 0 Å². The average Bonchev–Trinajstić information content (AvgIpc) is 3.17.